The summed E-state index contributed by atoms with van der Waals surface area (Å²) in [4.78, 5) is 34.6. The van der Waals surface area contributed by atoms with Gasteiger partial charge < -0.3 is 9.64 Å². The number of carbonyl (C=O) groups is 1. The number of aromatic nitrogens is 1. The van der Waals surface area contributed by atoms with E-state index < -0.39 is 6.04 Å². The molecule has 1 aliphatic heterocycles. The van der Waals surface area contributed by atoms with Crippen LogP contribution < -0.4 is 19.6 Å². The van der Waals surface area contributed by atoms with E-state index in [2.05, 4.69) is 22.5 Å². The van der Waals surface area contributed by atoms with Gasteiger partial charge in [-0.2, -0.15) is 0 Å². The Morgan fingerprint density at radius 2 is 1.95 bits per heavy atom. The second-order valence-corrected chi connectivity index (χ2v) is 10.8. The fourth-order valence-corrected chi connectivity index (χ4v) is 5.83. The number of nitrogens with zero attached hydrogens (tertiary/aromatic N) is 3. The van der Waals surface area contributed by atoms with Gasteiger partial charge in [-0.25, -0.2) is 4.99 Å². The highest BCUT2D eigenvalue weighted by Crippen LogP contribution is 2.32. The first-order chi connectivity index (χ1) is 17.8. The van der Waals surface area contributed by atoms with Crippen LogP contribution in [0.25, 0.3) is 6.08 Å². The molecule has 6 nitrogen and oxygen atoms in total. The van der Waals surface area contributed by atoms with Crippen molar-refractivity contribution < 1.29 is 9.53 Å². The molecule has 2 heterocycles. The van der Waals surface area contributed by atoms with Crippen LogP contribution in [-0.4, -0.2) is 35.1 Å². The number of halogens is 2. The molecule has 1 aliphatic rings. The van der Waals surface area contributed by atoms with Gasteiger partial charge in [-0.3, -0.25) is 14.2 Å². The Bertz CT molecular complexity index is 1550. The number of benzene rings is 2. The maximum Gasteiger partial charge on any atom is 0.271 e. The van der Waals surface area contributed by atoms with E-state index >= 15 is 0 Å². The van der Waals surface area contributed by atoms with Crippen molar-refractivity contribution in [3.63, 3.8) is 0 Å². The maximum atomic E-state index is 13.9. The first-order valence-corrected chi connectivity index (χ1v) is 13.9. The predicted molar refractivity (Wildman–Crippen MR) is 153 cm³/mol. The number of carbonyl (C=O) groups excluding carboxylic acids is 1. The second-order valence-electron chi connectivity index (χ2n) is 8.39. The fourth-order valence-electron chi connectivity index (χ4n) is 4.29. The number of likely N-dealkylation sites (N-methyl/N-ethyl adjacent to an activating group) is 1. The SMILES string of the molecule is C=CCOc1ccc(Br)cc1/C=c1/sc2n(c1=O)[C@@H](c1ccc(Cl)cc1)C(C(=O)N(CC)CC)=C(C)N=2. The molecule has 0 unspecified atom stereocenters. The smallest absolute Gasteiger partial charge is 0.271 e. The molecule has 37 heavy (non-hydrogen) atoms. The third-order valence-corrected chi connectivity index (χ3v) is 7.83. The highest BCUT2D eigenvalue weighted by atomic mass is 79.9. The number of hydrogen-bond acceptors (Lipinski definition) is 5. The number of allylic oxidation sites excluding steroid dienone is 1. The van der Waals surface area contributed by atoms with Crippen LogP contribution in [0.4, 0.5) is 0 Å². The molecule has 2 aromatic carbocycles. The van der Waals surface area contributed by atoms with Crippen molar-refractivity contribution in [3.05, 3.63) is 107 Å². The topological polar surface area (TPSA) is 63.9 Å². The van der Waals surface area contributed by atoms with Crippen molar-refractivity contribution in [1.82, 2.24) is 9.47 Å². The van der Waals surface area contributed by atoms with Gasteiger partial charge in [0.2, 0.25) is 0 Å². The Balaban J connectivity index is 1.95. The molecule has 0 aliphatic carbocycles. The Hall–Kier alpha value is -2.94. The van der Waals surface area contributed by atoms with Crippen LogP contribution >= 0.6 is 38.9 Å². The Kier molecular flexibility index (Phi) is 8.52. The summed E-state index contributed by atoms with van der Waals surface area (Å²) in [5.41, 5.74) is 2.40. The molecule has 0 saturated heterocycles. The van der Waals surface area contributed by atoms with Gasteiger partial charge >= 0.3 is 0 Å². The molecular formula is C28H27BrClN3O3S. The average molecular weight is 601 g/mol. The molecule has 0 radical (unpaired) electrons. The quantitative estimate of drug-likeness (QED) is 0.339. The van der Waals surface area contributed by atoms with Crippen LogP contribution in [0.2, 0.25) is 5.02 Å². The maximum absolute atomic E-state index is 13.9. The van der Waals surface area contributed by atoms with Crippen LogP contribution in [0.3, 0.4) is 0 Å². The van der Waals surface area contributed by atoms with Crippen molar-refractivity contribution in [1.29, 1.82) is 0 Å². The van der Waals surface area contributed by atoms with E-state index in [-0.39, 0.29) is 11.5 Å². The first-order valence-electron chi connectivity index (χ1n) is 11.9. The van der Waals surface area contributed by atoms with Gasteiger partial charge in [0.25, 0.3) is 11.5 Å². The van der Waals surface area contributed by atoms with Gasteiger partial charge in [0.15, 0.2) is 4.80 Å². The summed E-state index contributed by atoms with van der Waals surface area (Å²) in [7, 11) is 0. The van der Waals surface area contributed by atoms with E-state index in [9.17, 15) is 9.59 Å². The summed E-state index contributed by atoms with van der Waals surface area (Å²) in [6.07, 6.45) is 3.47. The number of ether oxygens (including phenoxy) is 1. The zero-order valence-corrected chi connectivity index (χ0v) is 24.0. The predicted octanol–water partition coefficient (Wildman–Crippen LogP) is 5.08. The third-order valence-electron chi connectivity index (χ3n) is 6.10. The van der Waals surface area contributed by atoms with E-state index in [1.165, 1.54) is 11.3 Å². The standard InChI is InChI=1S/C28H27BrClN3O3S/c1-5-14-36-22-13-10-20(29)15-19(22)16-23-26(34)33-25(18-8-11-21(30)12-9-18)24(17(4)31-28(33)37-23)27(35)32(6-2)7-3/h5,8-13,15-16,25H,1,6-7,14H2,2-4H3/b23-16+/t25-/m0/s1. The van der Waals surface area contributed by atoms with Crippen LogP contribution in [0.5, 0.6) is 5.75 Å². The second kappa shape index (κ2) is 11.6. The molecule has 3 aromatic rings. The molecule has 0 fully saturated rings. The molecule has 9 heteroatoms. The summed E-state index contributed by atoms with van der Waals surface area (Å²) >= 11 is 11.0. The van der Waals surface area contributed by atoms with E-state index in [1.54, 1.807) is 33.8 Å². The van der Waals surface area contributed by atoms with Gasteiger partial charge in [0.1, 0.15) is 12.4 Å². The van der Waals surface area contributed by atoms with E-state index in [1.807, 2.05) is 51.1 Å². The zero-order valence-electron chi connectivity index (χ0n) is 20.8. The molecule has 0 spiro atoms. The number of fused-ring (bicyclic) bond motifs is 1. The van der Waals surface area contributed by atoms with E-state index in [0.717, 1.165) is 15.6 Å². The minimum Gasteiger partial charge on any atom is -0.489 e. The number of amides is 1. The summed E-state index contributed by atoms with van der Waals surface area (Å²) in [5.74, 6) is 0.504. The minimum absolute atomic E-state index is 0.132. The van der Waals surface area contributed by atoms with Gasteiger partial charge in [0.05, 0.1) is 21.8 Å². The number of rotatable bonds is 8. The van der Waals surface area contributed by atoms with Crippen molar-refractivity contribution in [2.45, 2.75) is 26.8 Å². The van der Waals surface area contributed by atoms with Crippen molar-refractivity contribution in [2.24, 2.45) is 4.99 Å². The molecule has 0 N–H and O–H groups in total. The van der Waals surface area contributed by atoms with Gasteiger partial charge in [-0.05, 0) is 62.7 Å². The minimum atomic E-state index is -0.622. The lowest BCUT2D eigenvalue weighted by Crippen LogP contribution is -2.43. The fraction of sp³-hybridized carbons (Fsp3) is 0.250. The highest BCUT2D eigenvalue weighted by Gasteiger charge is 2.34. The Morgan fingerprint density at radius 1 is 1.24 bits per heavy atom. The normalized spacial score (nSPS) is 15.3. The molecule has 0 saturated carbocycles. The monoisotopic (exact) mass is 599 g/mol. The van der Waals surface area contributed by atoms with E-state index in [0.29, 0.717) is 51.1 Å². The van der Waals surface area contributed by atoms with E-state index in [4.69, 9.17) is 21.3 Å². The van der Waals surface area contributed by atoms with Crippen molar-refractivity contribution in [2.75, 3.05) is 19.7 Å². The number of hydrogen-bond donors (Lipinski definition) is 0. The molecule has 1 atom stereocenters. The third kappa shape index (κ3) is 5.51. The highest BCUT2D eigenvalue weighted by molar-refractivity contribution is 9.10. The van der Waals surface area contributed by atoms with Crippen LogP contribution in [0, 0.1) is 0 Å². The zero-order chi connectivity index (χ0) is 26.7. The van der Waals surface area contributed by atoms with Crippen LogP contribution in [0.1, 0.15) is 37.9 Å². The molecule has 1 amide bonds. The first kappa shape index (κ1) is 27.1. The largest absolute Gasteiger partial charge is 0.489 e. The molecular weight excluding hydrogens is 574 g/mol. The van der Waals surface area contributed by atoms with Crippen molar-refractivity contribution in [3.8, 4) is 5.75 Å². The number of thiazole rings is 1. The van der Waals surface area contributed by atoms with Gasteiger partial charge in [-0.1, -0.05) is 63.7 Å². The molecule has 1 aromatic heterocycles. The average Bonchev–Trinajstić information content (AvgIpc) is 3.18. The molecule has 192 valence electrons. The Morgan fingerprint density at radius 3 is 2.59 bits per heavy atom. The molecule has 0 bridgehead atoms. The van der Waals surface area contributed by atoms with Gasteiger partial charge in [0, 0.05) is 28.1 Å². The van der Waals surface area contributed by atoms with Crippen LogP contribution in [-0.2, 0) is 4.79 Å². The Labute approximate surface area is 233 Å². The molecule has 4 rings (SSSR count). The summed E-state index contributed by atoms with van der Waals surface area (Å²) in [6, 6.07) is 12.3. The lowest BCUT2D eigenvalue weighted by Gasteiger charge is -2.29. The summed E-state index contributed by atoms with van der Waals surface area (Å²) in [5, 5.41) is 0.579. The summed E-state index contributed by atoms with van der Waals surface area (Å²) < 4.78 is 8.77. The lowest BCUT2D eigenvalue weighted by molar-refractivity contribution is -0.127. The lowest BCUT2D eigenvalue weighted by atomic mass is 9.94. The van der Waals surface area contributed by atoms with Crippen LogP contribution in [0.15, 0.2) is 80.6 Å². The summed E-state index contributed by atoms with van der Waals surface area (Å²) in [6.45, 7) is 10.9. The van der Waals surface area contributed by atoms with Gasteiger partial charge in [-0.15, -0.1) is 0 Å². The van der Waals surface area contributed by atoms with Crippen molar-refractivity contribution >= 4 is 50.9 Å².